The summed E-state index contributed by atoms with van der Waals surface area (Å²) in [6.07, 6.45) is 0.818. The Kier molecular flexibility index (Phi) is 6.47. The lowest BCUT2D eigenvalue weighted by Crippen LogP contribution is -2.41. The van der Waals surface area contributed by atoms with Gasteiger partial charge < -0.3 is 14.4 Å². The number of nitrogens with zero attached hydrogens (tertiary/aromatic N) is 1. The number of methoxy groups -OCH3 is 2. The minimum atomic E-state index is -0.0756. The zero-order valence-electron chi connectivity index (χ0n) is 16.4. The van der Waals surface area contributed by atoms with Gasteiger partial charge in [0.05, 0.1) is 26.0 Å². The maximum absolute atomic E-state index is 13.2. The highest BCUT2D eigenvalue weighted by molar-refractivity contribution is 7.99. The summed E-state index contributed by atoms with van der Waals surface area (Å²) in [6.45, 7) is 0.712. The molecular formula is C22H23NO3S3. The zero-order valence-corrected chi connectivity index (χ0v) is 18.9. The van der Waals surface area contributed by atoms with Crippen molar-refractivity contribution in [1.29, 1.82) is 0 Å². The van der Waals surface area contributed by atoms with Gasteiger partial charge in [-0.2, -0.15) is 0 Å². The molecule has 0 saturated carbocycles. The van der Waals surface area contributed by atoms with E-state index in [1.807, 2.05) is 17.0 Å². The van der Waals surface area contributed by atoms with Crippen molar-refractivity contribution in [2.75, 3.05) is 26.5 Å². The Hall–Kier alpha value is -1.96. The maximum Gasteiger partial charge on any atom is 0.233 e. The van der Waals surface area contributed by atoms with Gasteiger partial charge in [-0.05, 0) is 52.6 Å². The van der Waals surface area contributed by atoms with Crippen LogP contribution < -0.4 is 9.47 Å². The van der Waals surface area contributed by atoms with Crippen LogP contribution >= 0.6 is 34.4 Å². The van der Waals surface area contributed by atoms with E-state index < -0.39 is 0 Å². The summed E-state index contributed by atoms with van der Waals surface area (Å²) in [5.74, 6) is 2.99. The molecular weight excluding hydrogens is 422 g/mol. The Morgan fingerprint density at radius 2 is 1.90 bits per heavy atom. The average Bonchev–Trinajstić information content (AvgIpc) is 3.46. The van der Waals surface area contributed by atoms with Gasteiger partial charge in [0.15, 0.2) is 11.5 Å². The van der Waals surface area contributed by atoms with Crippen molar-refractivity contribution in [3.8, 4) is 11.5 Å². The standard InChI is InChI=1S/C22H23NO3S3/c1-25-18-11-15-7-8-23(21(24)14-27-13-16-5-3-9-28-16)22(20-6-4-10-29-20)17(15)12-19(18)26-2/h3-6,9-12,22H,7-8,13-14H2,1-2H3. The van der Waals surface area contributed by atoms with E-state index in [-0.39, 0.29) is 11.9 Å². The predicted molar refractivity (Wildman–Crippen MR) is 122 cm³/mol. The van der Waals surface area contributed by atoms with E-state index in [9.17, 15) is 4.79 Å². The number of thiophene rings is 2. The van der Waals surface area contributed by atoms with Crippen LogP contribution in [0, 0.1) is 0 Å². The molecule has 2 aromatic heterocycles. The molecule has 0 N–H and O–H groups in total. The molecule has 0 spiro atoms. The molecule has 1 atom stereocenters. The average molecular weight is 446 g/mol. The number of thioether (sulfide) groups is 1. The zero-order chi connectivity index (χ0) is 20.2. The molecule has 1 aromatic carbocycles. The summed E-state index contributed by atoms with van der Waals surface area (Å²) in [7, 11) is 3.31. The SMILES string of the molecule is COc1cc2c(cc1OC)C(c1cccs1)N(C(=O)CSCc1cccs1)CC2. The molecule has 3 aromatic rings. The lowest BCUT2D eigenvalue weighted by Gasteiger charge is -2.37. The van der Waals surface area contributed by atoms with Crippen molar-refractivity contribution in [3.05, 3.63) is 68.0 Å². The number of carbonyl (C=O) groups excluding carboxylic acids is 1. The van der Waals surface area contributed by atoms with Crippen LogP contribution in [0.3, 0.4) is 0 Å². The molecule has 0 saturated heterocycles. The number of hydrogen-bond donors (Lipinski definition) is 0. The molecule has 7 heteroatoms. The van der Waals surface area contributed by atoms with E-state index in [0.717, 1.165) is 23.5 Å². The van der Waals surface area contributed by atoms with Gasteiger partial charge in [0, 0.05) is 22.1 Å². The van der Waals surface area contributed by atoms with Crippen LogP contribution in [0.25, 0.3) is 0 Å². The molecule has 1 unspecified atom stereocenters. The van der Waals surface area contributed by atoms with Crippen molar-refractivity contribution in [2.45, 2.75) is 18.2 Å². The van der Waals surface area contributed by atoms with Crippen LogP contribution in [0.4, 0.5) is 0 Å². The molecule has 4 rings (SSSR count). The van der Waals surface area contributed by atoms with Gasteiger partial charge in [-0.3, -0.25) is 4.79 Å². The highest BCUT2D eigenvalue weighted by Crippen LogP contribution is 2.42. The molecule has 1 aliphatic rings. The monoisotopic (exact) mass is 445 g/mol. The van der Waals surface area contributed by atoms with E-state index in [1.165, 1.54) is 15.3 Å². The number of fused-ring (bicyclic) bond motifs is 1. The number of rotatable bonds is 7. The van der Waals surface area contributed by atoms with E-state index in [2.05, 4.69) is 35.0 Å². The second-order valence-corrected chi connectivity index (χ2v) is 9.73. The number of amides is 1. The first kappa shape index (κ1) is 20.3. The molecule has 1 amide bonds. The van der Waals surface area contributed by atoms with Crippen molar-refractivity contribution < 1.29 is 14.3 Å². The third-order valence-electron chi connectivity index (χ3n) is 5.06. The fourth-order valence-corrected chi connectivity index (χ4v) is 6.29. The molecule has 0 fully saturated rings. The molecule has 152 valence electrons. The molecule has 1 aliphatic heterocycles. The summed E-state index contributed by atoms with van der Waals surface area (Å²) < 4.78 is 11.0. The van der Waals surface area contributed by atoms with E-state index >= 15 is 0 Å². The van der Waals surface area contributed by atoms with Crippen LogP contribution in [0.2, 0.25) is 0 Å². The molecule has 0 radical (unpaired) electrons. The first-order valence-electron chi connectivity index (χ1n) is 9.39. The second-order valence-electron chi connectivity index (χ2n) is 6.73. The van der Waals surface area contributed by atoms with Gasteiger partial charge in [-0.15, -0.1) is 34.4 Å². The van der Waals surface area contributed by atoms with E-state index in [0.29, 0.717) is 18.0 Å². The largest absolute Gasteiger partial charge is 0.493 e. The lowest BCUT2D eigenvalue weighted by atomic mass is 9.91. The fourth-order valence-electron chi connectivity index (χ4n) is 3.68. The van der Waals surface area contributed by atoms with Crippen molar-refractivity contribution in [2.24, 2.45) is 0 Å². The number of benzene rings is 1. The first-order valence-corrected chi connectivity index (χ1v) is 12.3. The van der Waals surface area contributed by atoms with Crippen molar-refractivity contribution >= 4 is 40.3 Å². The molecule has 3 heterocycles. The molecule has 29 heavy (non-hydrogen) atoms. The summed E-state index contributed by atoms with van der Waals surface area (Å²) in [6, 6.07) is 12.3. The Morgan fingerprint density at radius 1 is 1.14 bits per heavy atom. The van der Waals surface area contributed by atoms with Gasteiger partial charge in [0.25, 0.3) is 0 Å². The van der Waals surface area contributed by atoms with Crippen LogP contribution in [-0.4, -0.2) is 37.3 Å². The van der Waals surface area contributed by atoms with Crippen molar-refractivity contribution in [1.82, 2.24) is 4.90 Å². The number of ether oxygens (including phenoxy) is 2. The normalized spacial score (nSPS) is 15.8. The van der Waals surface area contributed by atoms with Gasteiger partial charge in [0.1, 0.15) is 0 Å². The summed E-state index contributed by atoms with van der Waals surface area (Å²) >= 11 is 5.11. The van der Waals surface area contributed by atoms with Gasteiger partial charge in [0.2, 0.25) is 5.91 Å². The van der Waals surface area contributed by atoms with E-state index in [1.54, 1.807) is 48.7 Å². The van der Waals surface area contributed by atoms with Crippen LogP contribution in [0.15, 0.2) is 47.2 Å². The molecule has 0 aliphatic carbocycles. The second kappa shape index (κ2) is 9.24. The highest BCUT2D eigenvalue weighted by atomic mass is 32.2. The fraction of sp³-hybridized carbons (Fsp3) is 0.318. The predicted octanol–water partition coefficient (Wildman–Crippen LogP) is 5.23. The van der Waals surface area contributed by atoms with Crippen molar-refractivity contribution in [3.63, 3.8) is 0 Å². The summed E-state index contributed by atoms with van der Waals surface area (Å²) in [4.78, 5) is 17.7. The quantitative estimate of drug-likeness (QED) is 0.499. The minimum absolute atomic E-state index is 0.0756. The van der Waals surface area contributed by atoms with E-state index in [4.69, 9.17) is 9.47 Å². The number of hydrogen-bond acceptors (Lipinski definition) is 6. The summed E-state index contributed by atoms with van der Waals surface area (Å²) in [5, 5.41) is 4.15. The first-order chi connectivity index (χ1) is 14.2. The van der Waals surface area contributed by atoms with Crippen LogP contribution in [-0.2, 0) is 17.0 Å². The molecule has 0 bridgehead atoms. The number of carbonyl (C=O) groups is 1. The minimum Gasteiger partial charge on any atom is -0.493 e. The van der Waals surface area contributed by atoms with Gasteiger partial charge in [-0.1, -0.05) is 12.1 Å². The Labute approximate surface area is 183 Å². The Balaban J connectivity index is 1.60. The van der Waals surface area contributed by atoms with Crippen LogP contribution in [0.1, 0.15) is 26.9 Å². The molecule has 4 nitrogen and oxygen atoms in total. The Morgan fingerprint density at radius 3 is 2.59 bits per heavy atom. The highest BCUT2D eigenvalue weighted by Gasteiger charge is 2.33. The Bertz CT molecular complexity index is 954. The van der Waals surface area contributed by atoms with Gasteiger partial charge in [-0.25, -0.2) is 0 Å². The lowest BCUT2D eigenvalue weighted by molar-refractivity contribution is -0.130. The smallest absolute Gasteiger partial charge is 0.233 e. The van der Waals surface area contributed by atoms with Crippen LogP contribution in [0.5, 0.6) is 11.5 Å². The topological polar surface area (TPSA) is 38.8 Å². The third kappa shape index (κ3) is 4.32. The third-order valence-corrected chi connectivity index (χ3v) is 8.01. The summed E-state index contributed by atoms with van der Waals surface area (Å²) in [5.41, 5.74) is 2.35. The van der Waals surface area contributed by atoms with Gasteiger partial charge >= 0.3 is 0 Å². The maximum atomic E-state index is 13.2.